The third-order valence-corrected chi connectivity index (χ3v) is 5.95. The van der Waals surface area contributed by atoms with Crippen LogP contribution in [0.2, 0.25) is 0 Å². The molecule has 2 heterocycles. The van der Waals surface area contributed by atoms with Crippen LogP contribution in [0, 0.1) is 11.3 Å². The van der Waals surface area contributed by atoms with Gasteiger partial charge in [0.05, 0.1) is 22.8 Å². The van der Waals surface area contributed by atoms with Crippen LogP contribution in [0.1, 0.15) is 17.7 Å². The van der Waals surface area contributed by atoms with E-state index in [2.05, 4.69) is 10.2 Å². The lowest BCUT2D eigenvalue weighted by molar-refractivity contribution is -0.137. The number of hydrogen-bond acceptors (Lipinski definition) is 6. The summed E-state index contributed by atoms with van der Waals surface area (Å²) in [5.41, 5.74) is -0.896. The van der Waals surface area contributed by atoms with Gasteiger partial charge >= 0.3 is 6.18 Å². The Morgan fingerprint density at radius 2 is 2.08 bits per heavy atom. The molecular formula is C15H14F3N5O2S. The molecule has 1 atom stereocenters. The van der Waals surface area contributed by atoms with Gasteiger partial charge < -0.3 is 4.90 Å². The molecule has 0 N–H and O–H groups in total. The molecule has 2 aromatic rings. The van der Waals surface area contributed by atoms with E-state index in [9.17, 15) is 26.9 Å². The minimum atomic E-state index is -4.51. The predicted molar refractivity (Wildman–Crippen MR) is 86.5 cm³/mol. The highest BCUT2D eigenvalue weighted by atomic mass is 32.2. The summed E-state index contributed by atoms with van der Waals surface area (Å²) in [7, 11) is -1.55. The highest BCUT2D eigenvalue weighted by molar-refractivity contribution is 7.91. The second-order valence-corrected chi connectivity index (χ2v) is 8.22. The number of alkyl halides is 3. The molecule has 0 radical (unpaired) electrons. The summed E-state index contributed by atoms with van der Waals surface area (Å²) in [4.78, 5) is 2.49. The van der Waals surface area contributed by atoms with E-state index in [0.29, 0.717) is 6.42 Å². The standard InChI is InChI=1S/C15H14F3N5O2S/c1-22(12-5-6-26(24,25)9-12)14-13(8-19)20-23(21-14)11-4-2-3-10(7-11)15(16,17)18/h2-4,7,12H,5-6,9H2,1H3. The molecule has 1 unspecified atom stereocenters. The molecule has 1 fully saturated rings. The Labute approximate surface area is 147 Å². The molecule has 0 spiro atoms. The lowest BCUT2D eigenvalue weighted by Gasteiger charge is -2.22. The molecule has 1 aliphatic heterocycles. The molecule has 7 nitrogen and oxygen atoms in total. The number of anilines is 1. The predicted octanol–water partition coefficient (Wildman–Crippen LogP) is 1.78. The van der Waals surface area contributed by atoms with E-state index in [4.69, 9.17) is 0 Å². The van der Waals surface area contributed by atoms with Crippen molar-refractivity contribution in [1.29, 1.82) is 5.26 Å². The van der Waals surface area contributed by atoms with Gasteiger partial charge in [0.25, 0.3) is 0 Å². The number of rotatable bonds is 3. The largest absolute Gasteiger partial charge is 0.416 e. The zero-order valence-electron chi connectivity index (χ0n) is 13.6. The van der Waals surface area contributed by atoms with Gasteiger partial charge in [0.1, 0.15) is 6.07 Å². The summed E-state index contributed by atoms with van der Waals surface area (Å²) in [5.74, 6) is 0.114. The van der Waals surface area contributed by atoms with Crippen LogP contribution in [-0.4, -0.2) is 48.0 Å². The van der Waals surface area contributed by atoms with E-state index in [1.54, 1.807) is 11.9 Å². The van der Waals surface area contributed by atoms with Crippen molar-refractivity contribution in [2.75, 3.05) is 23.5 Å². The lowest BCUT2D eigenvalue weighted by Crippen LogP contribution is -2.33. The molecular weight excluding hydrogens is 371 g/mol. The first-order chi connectivity index (χ1) is 12.1. The maximum Gasteiger partial charge on any atom is 0.416 e. The normalized spacial score (nSPS) is 19.3. The number of nitriles is 1. The second kappa shape index (κ2) is 6.28. The molecule has 26 heavy (non-hydrogen) atoms. The van der Waals surface area contributed by atoms with Gasteiger partial charge in [-0.25, -0.2) is 8.42 Å². The Morgan fingerprint density at radius 3 is 2.65 bits per heavy atom. The van der Waals surface area contributed by atoms with Crippen LogP contribution in [-0.2, 0) is 16.0 Å². The van der Waals surface area contributed by atoms with Crippen molar-refractivity contribution in [3.8, 4) is 11.8 Å². The molecule has 1 aromatic heterocycles. The molecule has 0 saturated carbocycles. The molecule has 11 heteroatoms. The summed E-state index contributed by atoms with van der Waals surface area (Å²) in [6.07, 6.45) is -4.13. The van der Waals surface area contributed by atoms with Gasteiger partial charge in [0.15, 0.2) is 15.7 Å². The summed E-state index contributed by atoms with van der Waals surface area (Å²) in [6, 6.07) is 5.90. The van der Waals surface area contributed by atoms with E-state index < -0.39 is 21.6 Å². The molecule has 0 bridgehead atoms. The van der Waals surface area contributed by atoms with Gasteiger partial charge in [-0.15, -0.1) is 15.0 Å². The Kier molecular flexibility index (Phi) is 4.39. The first-order valence-electron chi connectivity index (χ1n) is 7.59. The number of aromatic nitrogens is 3. The lowest BCUT2D eigenvalue weighted by atomic mass is 10.2. The Balaban J connectivity index is 1.96. The van der Waals surface area contributed by atoms with E-state index in [0.717, 1.165) is 16.9 Å². The van der Waals surface area contributed by atoms with Crippen LogP contribution in [0.15, 0.2) is 24.3 Å². The van der Waals surface area contributed by atoms with Gasteiger partial charge in [0, 0.05) is 13.1 Å². The third-order valence-electron chi connectivity index (χ3n) is 4.20. The monoisotopic (exact) mass is 385 g/mol. The summed E-state index contributed by atoms with van der Waals surface area (Å²) < 4.78 is 61.9. The van der Waals surface area contributed by atoms with E-state index in [1.807, 2.05) is 6.07 Å². The van der Waals surface area contributed by atoms with Gasteiger partial charge in [0.2, 0.25) is 5.69 Å². The molecule has 3 rings (SSSR count). The van der Waals surface area contributed by atoms with Crippen molar-refractivity contribution in [1.82, 2.24) is 15.0 Å². The Bertz CT molecular complexity index is 978. The SMILES string of the molecule is CN(c1nn(-c2cccc(C(F)(F)F)c2)nc1C#N)C1CCS(=O)(=O)C1. The third kappa shape index (κ3) is 3.50. The number of halogens is 3. The van der Waals surface area contributed by atoms with Crippen molar-refractivity contribution in [3.63, 3.8) is 0 Å². The van der Waals surface area contributed by atoms with Crippen LogP contribution in [0.4, 0.5) is 19.0 Å². The van der Waals surface area contributed by atoms with Crippen molar-refractivity contribution in [3.05, 3.63) is 35.5 Å². The molecule has 0 amide bonds. The highest BCUT2D eigenvalue weighted by Gasteiger charge is 2.34. The van der Waals surface area contributed by atoms with Crippen LogP contribution < -0.4 is 4.90 Å². The van der Waals surface area contributed by atoms with E-state index in [-0.39, 0.29) is 34.7 Å². The zero-order chi connectivity index (χ0) is 19.1. The molecule has 1 aliphatic rings. The van der Waals surface area contributed by atoms with Crippen LogP contribution >= 0.6 is 0 Å². The fraction of sp³-hybridized carbons (Fsp3) is 0.400. The smallest absolute Gasteiger partial charge is 0.352 e. The van der Waals surface area contributed by atoms with Gasteiger partial charge in [-0.1, -0.05) is 6.07 Å². The van der Waals surface area contributed by atoms with E-state index >= 15 is 0 Å². The van der Waals surface area contributed by atoms with Crippen LogP contribution in [0.25, 0.3) is 5.69 Å². The van der Waals surface area contributed by atoms with Crippen molar-refractivity contribution < 1.29 is 21.6 Å². The Hall–Kier alpha value is -2.61. The Morgan fingerprint density at radius 1 is 1.35 bits per heavy atom. The second-order valence-electron chi connectivity index (χ2n) is 5.99. The highest BCUT2D eigenvalue weighted by Crippen LogP contribution is 2.30. The number of hydrogen-bond donors (Lipinski definition) is 0. The summed E-state index contributed by atoms with van der Waals surface area (Å²) >= 11 is 0. The van der Waals surface area contributed by atoms with Crippen LogP contribution in [0.5, 0.6) is 0 Å². The average Bonchev–Trinajstić information content (AvgIpc) is 3.16. The molecule has 1 aromatic carbocycles. The molecule has 138 valence electrons. The van der Waals surface area contributed by atoms with Gasteiger partial charge in [-0.2, -0.15) is 18.4 Å². The average molecular weight is 385 g/mol. The quantitative estimate of drug-likeness (QED) is 0.800. The van der Waals surface area contributed by atoms with Crippen LogP contribution in [0.3, 0.4) is 0 Å². The molecule has 0 aliphatic carbocycles. The van der Waals surface area contributed by atoms with Crippen molar-refractivity contribution in [2.24, 2.45) is 0 Å². The van der Waals surface area contributed by atoms with Gasteiger partial charge in [-0.3, -0.25) is 0 Å². The zero-order valence-corrected chi connectivity index (χ0v) is 14.4. The first-order valence-corrected chi connectivity index (χ1v) is 9.41. The van der Waals surface area contributed by atoms with Crippen molar-refractivity contribution in [2.45, 2.75) is 18.6 Å². The number of nitrogens with zero attached hydrogens (tertiary/aromatic N) is 5. The number of sulfone groups is 1. The minimum Gasteiger partial charge on any atom is -0.352 e. The minimum absolute atomic E-state index is 0.0473. The van der Waals surface area contributed by atoms with E-state index in [1.165, 1.54) is 12.1 Å². The summed E-state index contributed by atoms with van der Waals surface area (Å²) in [6.45, 7) is 0. The van der Waals surface area contributed by atoms with Crippen molar-refractivity contribution >= 4 is 15.7 Å². The fourth-order valence-electron chi connectivity index (χ4n) is 2.78. The maximum atomic E-state index is 12.9. The van der Waals surface area contributed by atoms with Gasteiger partial charge in [-0.05, 0) is 24.6 Å². The molecule has 1 saturated heterocycles. The topological polar surface area (TPSA) is 91.9 Å². The fourth-order valence-corrected chi connectivity index (χ4v) is 4.56. The summed E-state index contributed by atoms with van der Waals surface area (Å²) in [5, 5.41) is 17.3. The first kappa shape index (κ1) is 18.2. The maximum absolute atomic E-state index is 12.9. The number of benzene rings is 1.